The van der Waals surface area contributed by atoms with E-state index in [0.29, 0.717) is 19.0 Å². The number of amides is 1. The van der Waals surface area contributed by atoms with Gasteiger partial charge in [-0.2, -0.15) is 0 Å². The maximum absolute atomic E-state index is 11.7. The van der Waals surface area contributed by atoms with Crippen molar-refractivity contribution in [2.45, 2.75) is 38.5 Å². The molecular formula is C15H18N2O2. The number of hydrogen-bond donors (Lipinski definition) is 2. The van der Waals surface area contributed by atoms with Gasteiger partial charge in [0.1, 0.15) is 0 Å². The van der Waals surface area contributed by atoms with Gasteiger partial charge in [0, 0.05) is 41.7 Å². The molecule has 4 nitrogen and oxygen atoms in total. The van der Waals surface area contributed by atoms with Crippen LogP contribution in [0.5, 0.6) is 0 Å². The molecule has 0 atom stereocenters. The van der Waals surface area contributed by atoms with Crippen molar-refractivity contribution in [3.63, 3.8) is 0 Å². The van der Waals surface area contributed by atoms with Gasteiger partial charge < -0.3 is 15.0 Å². The Kier molecular flexibility index (Phi) is 3.25. The lowest BCUT2D eigenvalue weighted by Gasteiger charge is -2.06. The molecule has 1 aromatic heterocycles. The molecule has 4 heteroatoms. The summed E-state index contributed by atoms with van der Waals surface area (Å²) in [6, 6.07) is 8.38. The van der Waals surface area contributed by atoms with E-state index in [1.807, 2.05) is 35.0 Å². The Hall–Kier alpha value is -1.81. The van der Waals surface area contributed by atoms with Gasteiger partial charge in [-0.1, -0.05) is 18.2 Å². The van der Waals surface area contributed by atoms with E-state index in [1.165, 1.54) is 0 Å². The Labute approximate surface area is 112 Å². The number of aryl methyl sites for hydroxylation is 1. The van der Waals surface area contributed by atoms with Crippen LogP contribution < -0.4 is 5.32 Å². The van der Waals surface area contributed by atoms with Crippen molar-refractivity contribution in [3.8, 4) is 0 Å². The number of carbonyl (C=O) groups excluding carboxylic acids is 1. The first kappa shape index (κ1) is 12.2. The third-order valence-electron chi connectivity index (χ3n) is 3.56. The summed E-state index contributed by atoms with van der Waals surface area (Å²) in [6.45, 7) is 0.681. The second-order valence-electron chi connectivity index (χ2n) is 5.11. The third kappa shape index (κ3) is 2.63. The summed E-state index contributed by atoms with van der Waals surface area (Å²) in [4.78, 5) is 11.7. The molecule has 1 fully saturated rings. The molecular weight excluding hydrogens is 240 g/mol. The molecule has 0 aliphatic heterocycles. The van der Waals surface area contributed by atoms with Gasteiger partial charge >= 0.3 is 0 Å². The minimum atomic E-state index is 0.0295. The smallest absolute Gasteiger partial charge is 0.222 e. The highest BCUT2D eigenvalue weighted by molar-refractivity contribution is 5.84. The molecule has 0 bridgehead atoms. The number of fused-ring (bicyclic) bond motifs is 1. The molecule has 3 rings (SSSR count). The van der Waals surface area contributed by atoms with Crippen molar-refractivity contribution in [1.82, 2.24) is 9.88 Å². The van der Waals surface area contributed by atoms with E-state index in [4.69, 9.17) is 0 Å². The van der Waals surface area contributed by atoms with Crippen molar-refractivity contribution in [3.05, 3.63) is 36.0 Å². The molecule has 1 aliphatic rings. The average Bonchev–Trinajstić information content (AvgIpc) is 3.16. The number of rotatable bonds is 5. The molecule has 0 unspecified atom stereocenters. The van der Waals surface area contributed by atoms with Gasteiger partial charge in [0.15, 0.2) is 0 Å². The topological polar surface area (TPSA) is 54.3 Å². The van der Waals surface area contributed by atoms with Gasteiger partial charge in [-0.3, -0.25) is 4.79 Å². The minimum absolute atomic E-state index is 0.0295. The summed E-state index contributed by atoms with van der Waals surface area (Å²) in [5.74, 6) is 0.117. The summed E-state index contributed by atoms with van der Waals surface area (Å²) in [7, 11) is 0. The van der Waals surface area contributed by atoms with E-state index in [9.17, 15) is 9.90 Å². The number of aliphatic hydroxyl groups is 1. The van der Waals surface area contributed by atoms with Gasteiger partial charge in [-0.05, 0) is 18.9 Å². The Morgan fingerprint density at radius 2 is 2.16 bits per heavy atom. The number of nitrogens with one attached hydrogen (secondary N) is 1. The largest absolute Gasteiger partial charge is 0.392 e. The highest BCUT2D eigenvalue weighted by Gasteiger charge is 2.22. The van der Waals surface area contributed by atoms with E-state index in [1.54, 1.807) is 0 Å². The number of para-hydroxylation sites is 1. The standard InChI is InChI=1S/C15H18N2O2/c18-10-11-9-17(14-4-2-1-3-13(11)14)8-7-15(19)16-12-5-6-12/h1-4,9,12,18H,5-8,10H2,(H,16,19). The monoisotopic (exact) mass is 258 g/mol. The summed E-state index contributed by atoms with van der Waals surface area (Å²) in [6.07, 6.45) is 4.66. The van der Waals surface area contributed by atoms with Gasteiger partial charge in [0.05, 0.1) is 6.61 Å². The number of carbonyl (C=O) groups is 1. The van der Waals surface area contributed by atoms with Crippen LogP contribution >= 0.6 is 0 Å². The molecule has 0 saturated heterocycles. The van der Waals surface area contributed by atoms with Gasteiger partial charge in [-0.15, -0.1) is 0 Å². The highest BCUT2D eigenvalue weighted by atomic mass is 16.3. The third-order valence-corrected chi connectivity index (χ3v) is 3.56. The van der Waals surface area contributed by atoms with E-state index < -0.39 is 0 Å². The molecule has 100 valence electrons. The molecule has 1 heterocycles. The van der Waals surface area contributed by atoms with Crippen molar-refractivity contribution >= 4 is 16.8 Å². The lowest BCUT2D eigenvalue weighted by molar-refractivity contribution is -0.121. The van der Waals surface area contributed by atoms with Crippen LogP contribution in [0.15, 0.2) is 30.5 Å². The van der Waals surface area contributed by atoms with E-state index in [2.05, 4.69) is 5.32 Å². The number of aliphatic hydroxyl groups excluding tert-OH is 1. The van der Waals surface area contributed by atoms with Crippen molar-refractivity contribution in [1.29, 1.82) is 0 Å². The fourth-order valence-electron chi connectivity index (χ4n) is 2.38. The van der Waals surface area contributed by atoms with E-state index >= 15 is 0 Å². The predicted octanol–water partition coefficient (Wildman–Crippen LogP) is 1.80. The van der Waals surface area contributed by atoms with Crippen molar-refractivity contribution in [2.75, 3.05) is 0 Å². The molecule has 1 aromatic carbocycles. The Morgan fingerprint density at radius 3 is 2.89 bits per heavy atom. The second-order valence-corrected chi connectivity index (χ2v) is 5.11. The van der Waals surface area contributed by atoms with Crippen LogP contribution in [0.4, 0.5) is 0 Å². The first-order chi connectivity index (χ1) is 9.28. The first-order valence-corrected chi connectivity index (χ1v) is 6.75. The van der Waals surface area contributed by atoms with Gasteiger partial charge in [0.25, 0.3) is 0 Å². The Balaban J connectivity index is 1.74. The molecule has 19 heavy (non-hydrogen) atoms. The molecule has 2 N–H and O–H groups in total. The van der Waals surface area contributed by atoms with Crippen LogP contribution in [-0.4, -0.2) is 21.6 Å². The minimum Gasteiger partial charge on any atom is -0.392 e. The fourth-order valence-corrected chi connectivity index (χ4v) is 2.38. The van der Waals surface area contributed by atoms with Gasteiger partial charge in [0.2, 0.25) is 5.91 Å². The first-order valence-electron chi connectivity index (χ1n) is 6.75. The van der Waals surface area contributed by atoms with Crippen LogP contribution in [-0.2, 0) is 17.9 Å². The zero-order chi connectivity index (χ0) is 13.2. The quantitative estimate of drug-likeness (QED) is 0.859. The Morgan fingerprint density at radius 1 is 1.37 bits per heavy atom. The summed E-state index contributed by atoms with van der Waals surface area (Å²) >= 11 is 0. The number of benzene rings is 1. The molecule has 1 aliphatic carbocycles. The summed E-state index contributed by atoms with van der Waals surface area (Å²) in [5, 5.41) is 13.4. The molecule has 1 amide bonds. The summed E-state index contributed by atoms with van der Waals surface area (Å²) in [5.41, 5.74) is 1.99. The fraction of sp³-hybridized carbons (Fsp3) is 0.400. The Bertz CT molecular complexity index is 599. The lowest BCUT2D eigenvalue weighted by Crippen LogP contribution is -2.26. The maximum atomic E-state index is 11.7. The highest BCUT2D eigenvalue weighted by Crippen LogP contribution is 2.22. The number of nitrogens with zero attached hydrogens (tertiary/aromatic N) is 1. The van der Waals surface area contributed by atoms with Crippen LogP contribution in [0.1, 0.15) is 24.8 Å². The molecule has 2 aromatic rings. The lowest BCUT2D eigenvalue weighted by atomic mass is 10.2. The van der Waals surface area contributed by atoms with Crippen LogP contribution in [0.2, 0.25) is 0 Å². The zero-order valence-corrected chi connectivity index (χ0v) is 10.8. The summed E-state index contributed by atoms with van der Waals surface area (Å²) < 4.78 is 2.05. The average molecular weight is 258 g/mol. The predicted molar refractivity (Wildman–Crippen MR) is 73.6 cm³/mol. The van der Waals surface area contributed by atoms with Crippen LogP contribution in [0, 0.1) is 0 Å². The zero-order valence-electron chi connectivity index (χ0n) is 10.8. The normalized spacial score (nSPS) is 14.8. The van der Waals surface area contributed by atoms with Crippen LogP contribution in [0.3, 0.4) is 0 Å². The molecule has 0 radical (unpaired) electrons. The maximum Gasteiger partial charge on any atom is 0.222 e. The van der Waals surface area contributed by atoms with Crippen molar-refractivity contribution < 1.29 is 9.90 Å². The van der Waals surface area contributed by atoms with Gasteiger partial charge in [-0.25, -0.2) is 0 Å². The SMILES string of the molecule is O=C(CCn1cc(CO)c2ccccc21)NC1CC1. The van der Waals surface area contributed by atoms with E-state index in [0.717, 1.165) is 29.3 Å². The van der Waals surface area contributed by atoms with E-state index in [-0.39, 0.29) is 12.5 Å². The number of hydrogen-bond acceptors (Lipinski definition) is 2. The molecule has 1 saturated carbocycles. The van der Waals surface area contributed by atoms with Crippen molar-refractivity contribution in [2.24, 2.45) is 0 Å². The molecule has 0 spiro atoms. The number of aromatic nitrogens is 1. The van der Waals surface area contributed by atoms with Crippen LogP contribution in [0.25, 0.3) is 10.9 Å². The second kappa shape index (κ2) is 5.05.